The van der Waals surface area contributed by atoms with Gasteiger partial charge in [0, 0.05) is 4.88 Å². The molecule has 3 heterocycles. The number of thiophene rings is 1. The first-order valence-corrected chi connectivity index (χ1v) is 7.25. The van der Waals surface area contributed by atoms with Crippen molar-refractivity contribution < 1.29 is 0 Å². The Hall–Kier alpha value is -2.73. The van der Waals surface area contributed by atoms with E-state index in [4.69, 9.17) is 5.73 Å². The molecular weight excluding hydrogens is 282 g/mol. The Kier molecular flexibility index (Phi) is 2.68. The van der Waals surface area contributed by atoms with Crippen LogP contribution in [-0.2, 0) is 0 Å². The Morgan fingerprint density at radius 3 is 2.62 bits per heavy atom. The minimum atomic E-state index is 0.419. The number of anilines is 1. The summed E-state index contributed by atoms with van der Waals surface area (Å²) in [7, 11) is 0. The van der Waals surface area contributed by atoms with Crippen molar-refractivity contribution in [3.05, 3.63) is 48.8 Å². The van der Waals surface area contributed by atoms with Gasteiger partial charge in [0.2, 0.25) is 0 Å². The second-order valence-corrected chi connectivity index (χ2v) is 5.65. The van der Waals surface area contributed by atoms with Crippen LogP contribution in [0, 0.1) is 0 Å². The maximum atomic E-state index is 5.94. The van der Waals surface area contributed by atoms with Gasteiger partial charge in [-0.15, -0.1) is 11.3 Å². The fourth-order valence-corrected chi connectivity index (χ4v) is 3.13. The number of nitrogens with zero attached hydrogens (tertiary/aromatic N) is 3. The van der Waals surface area contributed by atoms with Crippen molar-refractivity contribution in [1.29, 1.82) is 0 Å². The molecule has 102 valence electrons. The normalized spacial score (nSPS) is 11.0. The molecule has 0 saturated heterocycles. The first kappa shape index (κ1) is 12.0. The highest BCUT2D eigenvalue weighted by molar-refractivity contribution is 7.18. The minimum absolute atomic E-state index is 0.419. The number of rotatable bonds is 2. The summed E-state index contributed by atoms with van der Waals surface area (Å²) in [6.07, 6.45) is 1.57. The van der Waals surface area contributed by atoms with Gasteiger partial charge >= 0.3 is 0 Å². The highest BCUT2D eigenvalue weighted by atomic mass is 32.1. The molecule has 0 aliphatic carbocycles. The Morgan fingerprint density at radius 2 is 1.76 bits per heavy atom. The zero-order valence-corrected chi connectivity index (χ0v) is 11.8. The van der Waals surface area contributed by atoms with Crippen molar-refractivity contribution in [2.45, 2.75) is 0 Å². The Balaban J connectivity index is 1.81. The maximum Gasteiger partial charge on any atom is 0.183 e. The monoisotopic (exact) mass is 293 g/mol. The van der Waals surface area contributed by atoms with E-state index in [0.29, 0.717) is 22.8 Å². The molecule has 0 saturated carbocycles. The summed E-state index contributed by atoms with van der Waals surface area (Å²) in [5, 5.41) is 0. The van der Waals surface area contributed by atoms with E-state index in [2.05, 4.69) is 38.1 Å². The van der Waals surface area contributed by atoms with Crippen LogP contribution in [0.3, 0.4) is 0 Å². The molecule has 6 heteroatoms. The van der Waals surface area contributed by atoms with Gasteiger partial charge in [0.1, 0.15) is 5.52 Å². The molecule has 1 aromatic carbocycles. The van der Waals surface area contributed by atoms with Crippen molar-refractivity contribution >= 4 is 28.3 Å². The van der Waals surface area contributed by atoms with Crippen molar-refractivity contribution in [1.82, 2.24) is 19.9 Å². The highest BCUT2D eigenvalue weighted by Gasteiger charge is 2.11. The van der Waals surface area contributed by atoms with Gasteiger partial charge in [-0.2, -0.15) is 0 Å². The molecule has 3 aromatic heterocycles. The van der Waals surface area contributed by atoms with Crippen LogP contribution in [0.4, 0.5) is 5.82 Å². The van der Waals surface area contributed by atoms with E-state index in [-0.39, 0.29) is 0 Å². The van der Waals surface area contributed by atoms with Gasteiger partial charge in [0.05, 0.1) is 11.2 Å². The van der Waals surface area contributed by atoms with Crippen LogP contribution in [0.25, 0.3) is 32.3 Å². The summed E-state index contributed by atoms with van der Waals surface area (Å²) >= 11 is 1.64. The van der Waals surface area contributed by atoms with Gasteiger partial charge in [-0.3, -0.25) is 0 Å². The van der Waals surface area contributed by atoms with E-state index in [0.717, 1.165) is 4.88 Å². The largest absolute Gasteiger partial charge is 0.382 e. The number of aromatic amines is 1. The molecule has 0 bridgehead atoms. The van der Waals surface area contributed by atoms with Gasteiger partial charge in [0.25, 0.3) is 0 Å². The number of H-pyrrole nitrogens is 1. The summed E-state index contributed by atoms with van der Waals surface area (Å²) in [6.45, 7) is 0. The third-order valence-electron chi connectivity index (χ3n) is 3.20. The number of aromatic nitrogens is 4. The molecule has 3 N–H and O–H groups in total. The molecule has 0 aliphatic rings. The lowest BCUT2D eigenvalue weighted by Gasteiger charge is -1.99. The third-order valence-corrected chi connectivity index (χ3v) is 4.33. The van der Waals surface area contributed by atoms with Crippen molar-refractivity contribution in [2.24, 2.45) is 0 Å². The molecule has 4 aromatic rings. The number of benzene rings is 1. The summed E-state index contributed by atoms with van der Waals surface area (Å²) in [4.78, 5) is 18.0. The van der Waals surface area contributed by atoms with E-state index in [1.54, 1.807) is 17.7 Å². The van der Waals surface area contributed by atoms with Crippen LogP contribution < -0.4 is 5.73 Å². The number of imidazole rings is 1. The lowest BCUT2D eigenvalue weighted by Crippen LogP contribution is -1.96. The summed E-state index contributed by atoms with van der Waals surface area (Å²) < 4.78 is 0. The van der Waals surface area contributed by atoms with Crippen molar-refractivity contribution in [3.63, 3.8) is 0 Å². The summed E-state index contributed by atoms with van der Waals surface area (Å²) in [6, 6.07) is 14.3. The molecule has 5 nitrogen and oxygen atoms in total. The quantitative estimate of drug-likeness (QED) is 0.594. The number of nitrogens with two attached hydrogens (primary N) is 1. The summed E-state index contributed by atoms with van der Waals surface area (Å²) in [5.41, 5.74) is 8.39. The zero-order chi connectivity index (χ0) is 14.2. The van der Waals surface area contributed by atoms with Crippen LogP contribution in [-0.4, -0.2) is 19.9 Å². The average Bonchev–Trinajstić information content (AvgIpc) is 3.17. The molecule has 0 atom stereocenters. The molecule has 0 spiro atoms. The molecule has 4 rings (SSSR count). The molecule has 21 heavy (non-hydrogen) atoms. The minimum Gasteiger partial charge on any atom is -0.382 e. The van der Waals surface area contributed by atoms with Gasteiger partial charge in [-0.1, -0.05) is 30.3 Å². The maximum absolute atomic E-state index is 5.94. The van der Waals surface area contributed by atoms with Crippen LogP contribution in [0.5, 0.6) is 0 Å². The number of nitrogen functional groups attached to an aromatic ring is 1. The van der Waals surface area contributed by atoms with Crippen LogP contribution >= 0.6 is 11.3 Å². The second-order valence-electron chi connectivity index (χ2n) is 4.56. The third kappa shape index (κ3) is 2.05. The van der Waals surface area contributed by atoms with Crippen molar-refractivity contribution in [2.75, 3.05) is 5.73 Å². The molecule has 0 aliphatic heterocycles. The Morgan fingerprint density at radius 1 is 0.952 bits per heavy atom. The van der Waals surface area contributed by atoms with E-state index in [1.807, 2.05) is 24.3 Å². The van der Waals surface area contributed by atoms with Gasteiger partial charge in [-0.05, 0) is 17.7 Å². The fraction of sp³-hybridized carbons (Fsp3) is 0. The topological polar surface area (TPSA) is 80.5 Å². The van der Waals surface area contributed by atoms with E-state index in [9.17, 15) is 0 Å². The lowest BCUT2D eigenvalue weighted by molar-refractivity contribution is 1.22. The second kappa shape index (κ2) is 4.68. The van der Waals surface area contributed by atoms with E-state index < -0.39 is 0 Å². The molecule has 0 fully saturated rings. The van der Waals surface area contributed by atoms with Crippen molar-refractivity contribution in [3.8, 4) is 21.1 Å². The first-order chi connectivity index (χ1) is 10.3. The predicted molar refractivity (Wildman–Crippen MR) is 84.8 cm³/mol. The molecule has 0 amide bonds. The number of hydrogen-bond donors (Lipinski definition) is 2. The van der Waals surface area contributed by atoms with Gasteiger partial charge in [-0.25, -0.2) is 15.0 Å². The molecule has 0 unspecified atom stereocenters. The zero-order valence-electron chi connectivity index (χ0n) is 10.9. The first-order valence-electron chi connectivity index (χ1n) is 6.43. The number of fused-ring (bicyclic) bond motifs is 1. The highest BCUT2D eigenvalue weighted by Crippen LogP contribution is 2.33. The Bertz CT molecular complexity index is 910. The van der Waals surface area contributed by atoms with E-state index in [1.165, 1.54) is 10.4 Å². The molecular formula is C15H11N5S. The Labute approximate surface area is 124 Å². The number of hydrogen-bond acceptors (Lipinski definition) is 5. The fourth-order valence-electron chi connectivity index (χ4n) is 2.18. The smallest absolute Gasteiger partial charge is 0.183 e. The average molecular weight is 293 g/mol. The van der Waals surface area contributed by atoms with Gasteiger partial charge in [0.15, 0.2) is 17.3 Å². The van der Waals surface area contributed by atoms with Crippen LogP contribution in [0.2, 0.25) is 0 Å². The number of nitrogens with one attached hydrogen (secondary N) is 1. The standard InChI is InChI=1S/C15H11N5S/c16-13-12-15(18-8-17-12)20-14(19-13)11-7-6-10(21-11)9-4-2-1-3-5-9/h1-8H,(H3,16,17,18,19,20). The van der Waals surface area contributed by atoms with Crippen LogP contribution in [0.15, 0.2) is 48.8 Å². The molecule has 0 radical (unpaired) electrons. The predicted octanol–water partition coefficient (Wildman–Crippen LogP) is 3.33. The van der Waals surface area contributed by atoms with Crippen LogP contribution in [0.1, 0.15) is 0 Å². The summed E-state index contributed by atoms with van der Waals surface area (Å²) in [5.74, 6) is 1.03. The van der Waals surface area contributed by atoms with Gasteiger partial charge < -0.3 is 10.7 Å². The lowest BCUT2D eigenvalue weighted by atomic mass is 10.2. The van der Waals surface area contributed by atoms with E-state index >= 15 is 0 Å². The SMILES string of the molecule is Nc1nc(-c2ccc(-c3ccccc3)s2)nc2nc[nH]c12.